The molecule has 1 aliphatic heterocycles. The highest BCUT2D eigenvalue weighted by atomic mass is 32.1. The maximum Gasteiger partial charge on any atom is 0.274 e. The Balaban J connectivity index is 0.00000272. The lowest BCUT2D eigenvalue weighted by Crippen LogP contribution is -2.38. The van der Waals surface area contributed by atoms with E-state index < -0.39 is 5.91 Å². The molecule has 1 fully saturated rings. The van der Waals surface area contributed by atoms with Gasteiger partial charge in [0.25, 0.3) is 5.91 Å². The van der Waals surface area contributed by atoms with Crippen molar-refractivity contribution < 1.29 is 14.8 Å². The van der Waals surface area contributed by atoms with Crippen LogP contribution in [0.3, 0.4) is 0 Å². The summed E-state index contributed by atoms with van der Waals surface area (Å²) < 4.78 is 0. The molecule has 6 heteroatoms. The van der Waals surface area contributed by atoms with Gasteiger partial charge in [0.2, 0.25) is 5.91 Å². The topological polar surface area (TPSA) is 69.6 Å². The van der Waals surface area contributed by atoms with Gasteiger partial charge in [0.15, 0.2) is 0 Å². The molecular formula is C25H32N2O3S. The van der Waals surface area contributed by atoms with Gasteiger partial charge >= 0.3 is 0 Å². The van der Waals surface area contributed by atoms with Crippen molar-refractivity contribution >= 4 is 25.3 Å². The van der Waals surface area contributed by atoms with E-state index >= 15 is 0 Å². The number of carbonyl (C=O) groups excluding carboxylic acids is 2. The highest BCUT2D eigenvalue weighted by Gasteiger charge is 2.47. The molecule has 4 rings (SSSR count). The first-order valence-electron chi connectivity index (χ1n) is 10.7. The Morgan fingerprint density at radius 3 is 2.45 bits per heavy atom. The minimum Gasteiger partial charge on any atom is -0.338 e. The van der Waals surface area contributed by atoms with Crippen molar-refractivity contribution in [2.45, 2.75) is 58.4 Å². The van der Waals surface area contributed by atoms with Crippen LogP contribution in [0.25, 0.3) is 0 Å². The van der Waals surface area contributed by atoms with E-state index in [1.807, 2.05) is 17.0 Å². The zero-order valence-corrected chi connectivity index (χ0v) is 19.5. The van der Waals surface area contributed by atoms with Gasteiger partial charge in [-0.15, -0.1) is 0 Å². The van der Waals surface area contributed by atoms with E-state index in [4.69, 9.17) is 5.21 Å². The van der Waals surface area contributed by atoms with E-state index in [1.54, 1.807) is 11.5 Å². The number of rotatable bonds is 3. The molecule has 1 heterocycles. The molecule has 31 heavy (non-hydrogen) atoms. The fourth-order valence-corrected chi connectivity index (χ4v) is 4.83. The van der Waals surface area contributed by atoms with Crippen LogP contribution in [-0.4, -0.2) is 28.5 Å². The molecule has 0 saturated carbocycles. The van der Waals surface area contributed by atoms with E-state index in [1.165, 1.54) is 11.1 Å². The zero-order chi connectivity index (χ0) is 21.5. The standard InChI is InChI=1S/C25H30N2O3.H2S/c1-24(2,3)21-8-4-17(5-9-21)16-27-13-12-25(23(27)29)11-10-18-14-19(22(28)26-30)6-7-20(18)15-25;/h4-9,14,30H,10-13,15-16H2,1-3H3,(H,26,28);1H2/t25-;/m1./s1. The van der Waals surface area contributed by atoms with Crippen LogP contribution in [0.1, 0.15) is 66.2 Å². The number of amides is 2. The molecule has 2 aromatic rings. The molecule has 0 unspecified atom stereocenters. The molecule has 2 aliphatic rings. The molecule has 5 nitrogen and oxygen atoms in total. The Labute approximate surface area is 191 Å². The van der Waals surface area contributed by atoms with Crippen LogP contribution in [0.5, 0.6) is 0 Å². The molecule has 2 N–H and O–H groups in total. The summed E-state index contributed by atoms with van der Waals surface area (Å²) in [6.45, 7) is 8.06. The molecule has 1 aliphatic carbocycles. The van der Waals surface area contributed by atoms with Crippen molar-refractivity contribution in [1.29, 1.82) is 0 Å². The highest BCUT2D eigenvalue weighted by Crippen LogP contribution is 2.44. The van der Waals surface area contributed by atoms with Crippen molar-refractivity contribution in [1.82, 2.24) is 10.4 Å². The number of nitrogens with one attached hydrogen (secondary N) is 1. The van der Waals surface area contributed by atoms with Gasteiger partial charge in [-0.2, -0.15) is 13.5 Å². The van der Waals surface area contributed by atoms with Crippen LogP contribution in [0.15, 0.2) is 42.5 Å². The predicted molar refractivity (Wildman–Crippen MR) is 126 cm³/mol. The number of hydroxylamine groups is 1. The molecule has 0 radical (unpaired) electrons. The minimum atomic E-state index is -0.501. The van der Waals surface area contributed by atoms with Gasteiger partial charge in [-0.05, 0) is 65.5 Å². The Morgan fingerprint density at radius 2 is 1.81 bits per heavy atom. The van der Waals surface area contributed by atoms with E-state index in [0.717, 1.165) is 43.4 Å². The number of benzene rings is 2. The van der Waals surface area contributed by atoms with Crippen LogP contribution in [0.2, 0.25) is 0 Å². The quantitative estimate of drug-likeness (QED) is 0.557. The molecule has 0 bridgehead atoms. The SMILES string of the molecule is CC(C)(C)c1ccc(CN2CC[C@@]3(CCc4cc(C(=O)NO)ccc4C3)C2=O)cc1.S. The third-order valence-electron chi connectivity index (χ3n) is 6.77. The van der Waals surface area contributed by atoms with Gasteiger partial charge in [0.05, 0.1) is 5.41 Å². The largest absolute Gasteiger partial charge is 0.338 e. The van der Waals surface area contributed by atoms with E-state index in [9.17, 15) is 9.59 Å². The Morgan fingerprint density at radius 1 is 1.10 bits per heavy atom. The maximum absolute atomic E-state index is 13.4. The second-order valence-corrected chi connectivity index (χ2v) is 9.81. The number of likely N-dealkylation sites (tertiary alicyclic amines) is 1. The van der Waals surface area contributed by atoms with E-state index in [-0.39, 0.29) is 30.2 Å². The number of carbonyl (C=O) groups is 2. The van der Waals surface area contributed by atoms with Crippen LogP contribution < -0.4 is 5.48 Å². The van der Waals surface area contributed by atoms with Crippen molar-refractivity contribution in [3.05, 3.63) is 70.3 Å². The Kier molecular flexibility index (Phi) is 6.53. The molecule has 1 spiro atoms. The third-order valence-corrected chi connectivity index (χ3v) is 6.77. The van der Waals surface area contributed by atoms with E-state index in [0.29, 0.717) is 12.1 Å². The van der Waals surface area contributed by atoms with Gasteiger partial charge in [-0.25, -0.2) is 5.48 Å². The lowest BCUT2D eigenvalue weighted by molar-refractivity contribution is -0.137. The summed E-state index contributed by atoms with van der Waals surface area (Å²) >= 11 is 0. The van der Waals surface area contributed by atoms with Gasteiger partial charge in [-0.1, -0.05) is 51.1 Å². The summed E-state index contributed by atoms with van der Waals surface area (Å²) in [4.78, 5) is 27.0. The molecule has 2 amide bonds. The number of aryl methyl sites for hydroxylation is 1. The normalized spacial score (nSPS) is 20.4. The second kappa shape index (κ2) is 8.67. The fraction of sp³-hybridized carbons (Fsp3) is 0.440. The lowest BCUT2D eigenvalue weighted by atomic mass is 9.70. The highest BCUT2D eigenvalue weighted by molar-refractivity contribution is 7.59. The first-order valence-corrected chi connectivity index (χ1v) is 10.7. The van der Waals surface area contributed by atoms with Crippen LogP contribution in [0.4, 0.5) is 0 Å². The van der Waals surface area contributed by atoms with Gasteiger partial charge in [-0.3, -0.25) is 14.8 Å². The van der Waals surface area contributed by atoms with Crippen LogP contribution >= 0.6 is 13.5 Å². The number of fused-ring (bicyclic) bond motifs is 1. The minimum absolute atomic E-state index is 0. The summed E-state index contributed by atoms with van der Waals surface area (Å²) in [5.41, 5.74) is 6.65. The van der Waals surface area contributed by atoms with Gasteiger partial charge in [0, 0.05) is 18.7 Å². The summed E-state index contributed by atoms with van der Waals surface area (Å²) in [6.07, 6.45) is 3.19. The van der Waals surface area contributed by atoms with Crippen LogP contribution in [0, 0.1) is 5.41 Å². The number of hydrogen-bond acceptors (Lipinski definition) is 3. The van der Waals surface area contributed by atoms with Gasteiger partial charge < -0.3 is 4.90 Å². The molecule has 2 aromatic carbocycles. The first kappa shape index (κ1) is 23.4. The molecule has 1 saturated heterocycles. The molecule has 166 valence electrons. The van der Waals surface area contributed by atoms with E-state index in [2.05, 4.69) is 45.0 Å². The van der Waals surface area contributed by atoms with Crippen LogP contribution in [-0.2, 0) is 29.6 Å². The van der Waals surface area contributed by atoms with Crippen molar-refractivity contribution in [2.24, 2.45) is 5.41 Å². The summed E-state index contributed by atoms with van der Waals surface area (Å²) in [6, 6.07) is 14.1. The Hall–Kier alpha value is -2.31. The number of hydrogen-bond donors (Lipinski definition) is 2. The Bertz CT molecular complexity index is 981. The summed E-state index contributed by atoms with van der Waals surface area (Å²) in [7, 11) is 0. The van der Waals surface area contributed by atoms with Crippen molar-refractivity contribution in [3.8, 4) is 0 Å². The second-order valence-electron chi connectivity index (χ2n) is 9.81. The number of nitrogens with zero attached hydrogens (tertiary/aromatic N) is 1. The summed E-state index contributed by atoms with van der Waals surface area (Å²) in [5.74, 6) is -0.246. The van der Waals surface area contributed by atoms with Crippen molar-refractivity contribution in [2.75, 3.05) is 6.54 Å². The average Bonchev–Trinajstić information content (AvgIpc) is 3.02. The average molecular weight is 441 g/mol. The fourth-order valence-electron chi connectivity index (χ4n) is 4.83. The van der Waals surface area contributed by atoms with Crippen molar-refractivity contribution in [3.63, 3.8) is 0 Å². The first-order chi connectivity index (χ1) is 14.2. The predicted octanol–water partition coefficient (Wildman–Crippen LogP) is 4.12. The molecular weight excluding hydrogens is 408 g/mol. The smallest absolute Gasteiger partial charge is 0.274 e. The maximum atomic E-state index is 13.4. The summed E-state index contributed by atoms with van der Waals surface area (Å²) in [5, 5.41) is 8.85. The molecule has 1 atom stereocenters. The monoisotopic (exact) mass is 440 g/mol. The zero-order valence-electron chi connectivity index (χ0n) is 18.5. The lowest BCUT2D eigenvalue weighted by Gasteiger charge is -2.33. The molecule has 0 aromatic heterocycles. The van der Waals surface area contributed by atoms with Gasteiger partial charge in [0.1, 0.15) is 0 Å². The third kappa shape index (κ3) is 4.51.